The lowest BCUT2D eigenvalue weighted by Crippen LogP contribution is -2.24. The van der Waals surface area contributed by atoms with Gasteiger partial charge in [-0.3, -0.25) is 9.59 Å². The minimum atomic E-state index is -0.0320. The van der Waals surface area contributed by atoms with Gasteiger partial charge < -0.3 is 10.2 Å². The lowest BCUT2D eigenvalue weighted by Gasteiger charge is -2.09. The molecule has 0 unspecified atom stereocenters. The summed E-state index contributed by atoms with van der Waals surface area (Å²) in [5.74, 6) is 6.19. The van der Waals surface area contributed by atoms with Gasteiger partial charge in [0.2, 0.25) is 5.91 Å². The number of hydrogen-bond acceptors (Lipinski definition) is 2. The second kappa shape index (κ2) is 8.11. The van der Waals surface area contributed by atoms with Crippen LogP contribution in [0.2, 0.25) is 0 Å². The topological polar surface area (TPSA) is 49.4 Å². The van der Waals surface area contributed by atoms with Crippen LogP contribution in [0.25, 0.3) is 0 Å². The molecule has 1 N–H and O–H groups in total. The van der Waals surface area contributed by atoms with Crippen molar-refractivity contribution in [2.24, 2.45) is 5.92 Å². The summed E-state index contributed by atoms with van der Waals surface area (Å²) in [4.78, 5) is 24.7. The number of hydrogen-bond donors (Lipinski definition) is 1. The van der Waals surface area contributed by atoms with E-state index in [0.29, 0.717) is 24.4 Å². The maximum Gasteiger partial charge on any atom is 0.253 e. The molecule has 0 aliphatic rings. The summed E-state index contributed by atoms with van der Waals surface area (Å²) in [6.45, 7) is 4.34. The highest BCUT2D eigenvalue weighted by atomic mass is 16.2. The molecule has 0 aromatic heterocycles. The van der Waals surface area contributed by atoms with Crippen molar-refractivity contribution in [2.75, 3.05) is 20.6 Å². The molecule has 1 rings (SSSR count). The van der Waals surface area contributed by atoms with Crippen molar-refractivity contribution in [3.05, 3.63) is 35.4 Å². The molecule has 0 atom stereocenters. The summed E-state index contributed by atoms with van der Waals surface area (Å²) in [6.07, 6.45) is 0.517. The molecular weight excluding hydrogens is 264 g/mol. The number of nitrogens with zero attached hydrogens (tertiary/aromatic N) is 1. The summed E-state index contributed by atoms with van der Waals surface area (Å²) in [5, 5.41) is 2.76. The first-order chi connectivity index (χ1) is 9.90. The summed E-state index contributed by atoms with van der Waals surface area (Å²) in [5.41, 5.74) is 1.46. The van der Waals surface area contributed by atoms with Crippen LogP contribution in [0.5, 0.6) is 0 Å². The second-order valence-corrected chi connectivity index (χ2v) is 5.45. The van der Waals surface area contributed by atoms with E-state index in [2.05, 4.69) is 17.2 Å². The van der Waals surface area contributed by atoms with Gasteiger partial charge in [0.15, 0.2) is 0 Å². The summed E-state index contributed by atoms with van der Waals surface area (Å²) < 4.78 is 0. The van der Waals surface area contributed by atoms with Crippen molar-refractivity contribution in [2.45, 2.75) is 20.3 Å². The van der Waals surface area contributed by atoms with Crippen molar-refractivity contribution in [3.8, 4) is 11.8 Å². The average molecular weight is 286 g/mol. The second-order valence-electron chi connectivity index (χ2n) is 5.45. The zero-order valence-electron chi connectivity index (χ0n) is 13.1. The highest BCUT2D eigenvalue weighted by molar-refractivity contribution is 5.93. The molecule has 0 radical (unpaired) electrons. The molecule has 0 saturated heterocycles. The molecule has 0 spiro atoms. The Morgan fingerprint density at radius 1 is 1.19 bits per heavy atom. The monoisotopic (exact) mass is 286 g/mol. The third-order valence-corrected chi connectivity index (χ3v) is 2.74. The number of nitrogens with one attached hydrogen (secondary N) is 1. The smallest absolute Gasteiger partial charge is 0.253 e. The van der Waals surface area contributed by atoms with E-state index in [9.17, 15) is 9.59 Å². The van der Waals surface area contributed by atoms with Crippen molar-refractivity contribution < 1.29 is 9.59 Å². The molecule has 0 saturated carbocycles. The molecule has 4 nitrogen and oxygen atoms in total. The Hall–Kier alpha value is -2.28. The molecule has 112 valence electrons. The molecule has 0 heterocycles. The first-order valence-corrected chi connectivity index (χ1v) is 6.97. The Morgan fingerprint density at radius 2 is 1.81 bits per heavy atom. The SMILES string of the molecule is CC(C)CC(=O)NCC#Cc1ccc(C(=O)N(C)C)cc1. The first kappa shape index (κ1) is 16.8. The van der Waals surface area contributed by atoms with E-state index in [1.807, 2.05) is 13.8 Å². The van der Waals surface area contributed by atoms with Gasteiger partial charge in [-0.25, -0.2) is 0 Å². The predicted molar refractivity (Wildman–Crippen MR) is 83.8 cm³/mol. The zero-order valence-corrected chi connectivity index (χ0v) is 13.1. The van der Waals surface area contributed by atoms with Crippen LogP contribution in [-0.4, -0.2) is 37.4 Å². The lowest BCUT2D eigenvalue weighted by atomic mass is 10.1. The highest BCUT2D eigenvalue weighted by Gasteiger charge is 2.06. The van der Waals surface area contributed by atoms with E-state index in [0.717, 1.165) is 5.56 Å². The fourth-order valence-corrected chi connectivity index (χ4v) is 1.69. The van der Waals surface area contributed by atoms with Gasteiger partial charge in [0.25, 0.3) is 5.91 Å². The maximum absolute atomic E-state index is 11.7. The minimum absolute atomic E-state index is 0.0197. The molecule has 0 aliphatic carbocycles. The Balaban J connectivity index is 2.52. The van der Waals surface area contributed by atoms with E-state index in [1.54, 1.807) is 38.4 Å². The molecule has 0 aliphatic heterocycles. The lowest BCUT2D eigenvalue weighted by molar-refractivity contribution is -0.121. The Labute approximate surface area is 126 Å². The molecule has 0 fully saturated rings. The Bertz CT molecular complexity index is 548. The van der Waals surface area contributed by atoms with Crippen LogP contribution in [0.15, 0.2) is 24.3 Å². The van der Waals surface area contributed by atoms with E-state index >= 15 is 0 Å². The van der Waals surface area contributed by atoms with Crippen LogP contribution in [-0.2, 0) is 4.79 Å². The average Bonchev–Trinajstić information content (AvgIpc) is 2.42. The van der Waals surface area contributed by atoms with Gasteiger partial charge in [0.1, 0.15) is 0 Å². The molecule has 0 bridgehead atoms. The number of carbonyl (C=O) groups is 2. The molecule has 4 heteroatoms. The van der Waals surface area contributed by atoms with E-state index in [-0.39, 0.29) is 11.8 Å². The van der Waals surface area contributed by atoms with Crippen LogP contribution >= 0.6 is 0 Å². The van der Waals surface area contributed by atoms with Gasteiger partial charge in [-0.15, -0.1) is 0 Å². The van der Waals surface area contributed by atoms with Gasteiger partial charge in [0, 0.05) is 31.6 Å². The molecule has 1 aromatic rings. The van der Waals surface area contributed by atoms with Gasteiger partial charge >= 0.3 is 0 Å². The molecule has 1 aromatic carbocycles. The first-order valence-electron chi connectivity index (χ1n) is 6.97. The fourth-order valence-electron chi connectivity index (χ4n) is 1.69. The summed E-state index contributed by atoms with van der Waals surface area (Å²) in [7, 11) is 3.44. The van der Waals surface area contributed by atoms with E-state index < -0.39 is 0 Å². The van der Waals surface area contributed by atoms with Crippen molar-refractivity contribution >= 4 is 11.8 Å². The van der Waals surface area contributed by atoms with Crippen LogP contribution < -0.4 is 5.32 Å². The van der Waals surface area contributed by atoms with Crippen LogP contribution in [0.1, 0.15) is 36.2 Å². The van der Waals surface area contributed by atoms with E-state index in [4.69, 9.17) is 0 Å². The third kappa shape index (κ3) is 6.13. The molecule has 21 heavy (non-hydrogen) atoms. The van der Waals surface area contributed by atoms with Crippen molar-refractivity contribution in [1.29, 1.82) is 0 Å². The number of amides is 2. The van der Waals surface area contributed by atoms with Gasteiger partial charge in [0.05, 0.1) is 6.54 Å². The Kier molecular flexibility index (Phi) is 6.48. The standard InChI is InChI=1S/C17H22N2O2/c1-13(2)12-16(20)18-11-5-6-14-7-9-15(10-8-14)17(21)19(3)4/h7-10,13H,11-12H2,1-4H3,(H,18,20). The van der Waals surface area contributed by atoms with E-state index in [1.165, 1.54) is 4.90 Å². The summed E-state index contributed by atoms with van der Waals surface area (Å²) >= 11 is 0. The van der Waals surface area contributed by atoms with Gasteiger partial charge in [-0.1, -0.05) is 25.7 Å². The third-order valence-electron chi connectivity index (χ3n) is 2.74. The number of carbonyl (C=O) groups excluding carboxylic acids is 2. The maximum atomic E-state index is 11.7. The number of benzene rings is 1. The van der Waals surface area contributed by atoms with Crippen LogP contribution in [0, 0.1) is 17.8 Å². The van der Waals surface area contributed by atoms with Crippen LogP contribution in [0.4, 0.5) is 0 Å². The largest absolute Gasteiger partial charge is 0.345 e. The fraction of sp³-hybridized carbons (Fsp3) is 0.412. The number of rotatable bonds is 4. The van der Waals surface area contributed by atoms with Crippen molar-refractivity contribution in [3.63, 3.8) is 0 Å². The normalized spacial score (nSPS) is 9.76. The van der Waals surface area contributed by atoms with Gasteiger partial charge in [-0.2, -0.15) is 0 Å². The predicted octanol–water partition coefficient (Wildman–Crippen LogP) is 1.90. The molecular formula is C17H22N2O2. The van der Waals surface area contributed by atoms with Gasteiger partial charge in [-0.05, 0) is 30.2 Å². The molecule has 2 amide bonds. The zero-order chi connectivity index (χ0) is 15.8. The summed E-state index contributed by atoms with van der Waals surface area (Å²) in [6, 6.07) is 7.12. The Morgan fingerprint density at radius 3 is 2.33 bits per heavy atom. The van der Waals surface area contributed by atoms with Crippen LogP contribution in [0.3, 0.4) is 0 Å². The minimum Gasteiger partial charge on any atom is -0.345 e. The highest BCUT2D eigenvalue weighted by Crippen LogP contribution is 2.05. The van der Waals surface area contributed by atoms with Crippen molar-refractivity contribution in [1.82, 2.24) is 10.2 Å². The quantitative estimate of drug-likeness (QED) is 0.860.